The van der Waals surface area contributed by atoms with Gasteiger partial charge in [-0.05, 0) is 36.3 Å². The average Bonchev–Trinajstić information content (AvgIpc) is 2.26. The molecule has 84 valence electrons. The van der Waals surface area contributed by atoms with Gasteiger partial charge in [-0.3, -0.25) is 0 Å². The Kier molecular flexibility index (Phi) is 5.03. The Morgan fingerprint density at radius 3 is 2.33 bits per heavy atom. The minimum atomic E-state index is -1.68. The molecule has 3 heteroatoms. The van der Waals surface area contributed by atoms with Gasteiger partial charge in [0.25, 0.3) is 0 Å². The van der Waals surface area contributed by atoms with Gasteiger partial charge in [0.05, 0.1) is 0 Å². The summed E-state index contributed by atoms with van der Waals surface area (Å²) in [5.41, 5.74) is 0. The molecule has 0 aliphatic heterocycles. The van der Waals surface area contributed by atoms with E-state index in [1.54, 1.807) is 0 Å². The molecule has 1 aromatic rings. The van der Waals surface area contributed by atoms with E-state index in [0.717, 1.165) is 23.2 Å². The van der Waals surface area contributed by atoms with Crippen molar-refractivity contribution in [2.75, 3.05) is 6.61 Å². The Hall–Kier alpha value is -0.123. The van der Waals surface area contributed by atoms with E-state index in [2.05, 4.69) is 61.0 Å². The van der Waals surface area contributed by atoms with Crippen molar-refractivity contribution in [1.29, 1.82) is 0 Å². The van der Waals surface area contributed by atoms with E-state index in [4.69, 9.17) is 4.43 Å². The van der Waals surface area contributed by atoms with Crippen LogP contribution in [0.4, 0.5) is 0 Å². The second kappa shape index (κ2) is 5.82. The highest BCUT2D eigenvalue weighted by molar-refractivity contribution is 9.10. The first-order chi connectivity index (χ1) is 7.18. The molecule has 0 heterocycles. The minimum absolute atomic E-state index is 0.820. The van der Waals surface area contributed by atoms with Crippen LogP contribution in [0.5, 0.6) is 0 Å². The van der Waals surface area contributed by atoms with Crippen molar-refractivity contribution in [2.45, 2.75) is 32.9 Å². The van der Waals surface area contributed by atoms with E-state index in [1.807, 2.05) is 0 Å². The average molecular weight is 287 g/mol. The van der Waals surface area contributed by atoms with Crippen LogP contribution in [0, 0.1) is 0 Å². The third-order valence-electron chi connectivity index (χ3n) is 2.91. The molecule has 0 bridgehead atoms. The monoisotopic (exact) mass is 286 g/mol. The fourth-order valence-corrected chi connectivity index (χ4v) is 5.87. The molecule has 0 unspecified atom stereocenters. The van der Waals surface area contributed by atoms with Gasteiger partial charge in [0.15, 0.2) is 0 Å². The Bertz CT molecular complexity index is 310. The molecule has 0 aliphatic rings. The third-order valence-corrected chi connectivity index (χ3v) is 7.90. The van der Waals surface area contributed by atoms with Crippen LogP contribution in [0.3, 0.4) is 0 Å². The van der Waals surface area contributed by atoms with Crippen LogP contribution in [0.15, 0.2) is 28.7 Å². The van der Waals surface area contributed by atoms with Gasteiger partial charge < -0.3 is 4.43 Å². The summed E-state index contributed by atoms with van der Waals surface area (Å²) >= 11 is 3.53. The molecule has 1 aromatic carbocycles. The molecule has 1 nitrogen and oxygen atoms in total. The summed E-state index contributed by atoms with van der Waals surface area (Å²) in [7, 11) is -1.68. The standard InChI is InChI=1S/C12H19BrOSi/c1-4-14-15(5-2,6-3)12-9-7-8-11(13)10-12/h7-10H,4-6H2,1-3H3. The van der Waals surface area contributed by atoms with Crippen LogP contribution in [0.2, 0.25) is 12.1 Å². The summed E-state index contributed by atoms with van der Waals surface area (Å²) in [5, 5.41) is 1.41. The molecule has 0 atom stereocenters. The van der Waals surface area contributed by atoms with Gasteiger partial charge in [0, 0.05) is 11.1 Å². The predicted molar refractivity (Wildman–Crippen MR) is 72.1 cm³/mol. The van der Waals surface area contributed by atoms with Crippen molar-refractivity contribution >= 4 is 29.4 Å². The Labute approximate surface area is 102 Å². The SMILES string of the molecule is CCO[Si](CC)(CC)c1cccc(Br)c1. The van der Waals surface area contributed by atoms with Crippen LogP contribution >= 0.6 is 15.9 Å². The van der Waals surface area contributed by atoms with E-state index >= 15 is 0 Å². The van der Waals surface area contributed by atoms with Gasteiger partial charge in [0.1, 0.15) is 0 Å². The van der Waals surface area contributed by atoms with Gasteiger partial charge in [0.2, 0.25) is 8.32 Å². The second-order valence-corrected chi connectivity index (χ2v) is 8.83. The van der Waals surface area contributed by atoms with E-state index in [0.29, 0.717) is 0 Å². The van der Waals surface area contributed by atoms with Gasteiger partial charge in [-0.15, -0.1) is 0 Å². The van der Waals surface area contributed by atoms with Crippen LogP contribution in [0.25, 0.3) is 0 Å². The number of hydrogen-bond acceptors (Lipinski definition) is 1. The fourth-order valence-electron chi connectivity index (χ4n) is 1.99. The van der Waals surface area contributed by atoms with Crippen LogP contribution < -0.4 is 5.19 Å². The number of rotatable bonds is 5. The van der Waals surface area contributed by atoms with E-state index in [1.165, 1.54) is 5.19 Å². The molecular formula is C12H19BrOSi. The molecule has 15 heavy (non-hydrogen) atoms. The largest absolute Gasteiger partial charge is 0.413 e. The molecule has 0 amide bonds. The molecule has 1 rings (SSSR count). The molecule has 0 radical (unpaired) electrons. The molecule has 0 aromatic heterocycles. The lowest BCUT2D eigenvalue weighted by atomic mass is 10.4. The first kappa shape index (κ1) is 12.9. The third kappa shape index (κ3) is 2.92. The van der Waals surface area contributed by atoms with E-state index in [-0.39, 0.29) is 0 Å². The van der Waals surface area contributed by atoms with Crippen LogP contribution in [0.1, 0.15) is 20.8 Å². The Morgan fingerprint density at radius 1 is 1.20 bits per heavy atom. The zero-order valence-electron chi connectivity index (χ0n) is 9.72. The van der Waals surface area contributed by atoms with Crippen LogP contribution in [-0.4, -0.2) is 14.9 Å². The summed E-state index contributed by atoms with van der Waals surface area (Å²) in [6, 6.07) is 10.9. The lowest BCUT2D eigenvalue weighted by Crippen LogP contribution is -2.49. The summed E-state index contributed by atoms with van der Waals surface area (Å²) in [6.45, 7) is 7.39. The molecule has 0 fully saturated rings. The normalized spacial score (nSPS) is 11.7. The summed E-state index contributed by atoms with van der Waals surface area (Å²) in [5.74, 6) is 0. The lowest BCUT2D eigenvalue weighted by Gasteiger charge is -2.29. The highest BCUT2D eigenvalue weighted by Gasteiger charge is 2.32. The summed E-state index contributed by atoms with van der Waals surface area (Å²) in [6.07, 6.45) is 0. The first-order valence-electron chi connectivity index (χ1n) is 5.58. The molecule has 0 saturated heterocycles. The van der Waals surface area contributed by atoms with Crippen molar-refractivity contribution in [3.05, 3.63) is 28.7 Å². The van der Waals surface area contributed by atoms with Gasteiger partial charge in [-0.1, -0.05) is 41.9 Å². The molecule has 0 saturated carbocycles. The second-order valence-electron chi connectivity index (χ2n) is 3.64. The zero-order valence-corrected chi connectivity index (χ0v) is 12.3. The fraction of sp³-hybridized carbons (Fsp3) is 0.500. The smallest absolute Gasteiger partial charge is 0.223 e. The zero-order chi connectivity index (χ0) is 11.3. The van der Waals surface area contributed by atoms with Crippen LogP contribution in [-0.2, 0) is 4.43 Å². The van der Waals surface area contributed by atoms with Crippen molar-refractivity contribution in [3.63, 3.8) is 0 Å². The maximum Gasteiger partial charge on any atom is 0.223 e. The Balaban J connectivity index is 3.07. The van der Waals surface area contributed by atoms with Gasteiger partial charge >= 0.3 is 0 Å². The topological polar surface area (TPSA) is 9.23 Å². The van der Waals surface area contributed by atoms with E-state index in [9.17, 15) is 0 Å². The maximum atomic E-state index is 6.09. The summed E-state index contributed by atoms with van der Waals surface area (Å²) in [4.78, 5) is 0. The van der Waals surface area contributed by atoms with Crippen molar-refractivity contribution < 1.29 is 4.43 Å². The first-order valence-corrected chi connectivity index (χ1v) is 8.70. The lowest BCUT2D eigenvalue weighted by molar-refractivity contribution is 0.330. The molecule has 0 aliphatic carbocycles. The number of benzene rings is 1. The highest BCUT2D eigenvalue weighted by atomic mass is 79.9. The predicted octanol–water partition coefficient (Wildman–Crippen LogP) is 3.68. The minimum Gasteiger partial charge on any atom is -0.413 e. The molecule has 0 spiro atoms. The Morgan fingerprint density at radius 2 is 1.87 bits per heavy atom. The number of hydrogen-bond donors (Lipinski definition) is 0. The van der Waals surface area contributed by atoms with E-state index < -0.39 is 8.32 Å². The molecule has 0 N–H and O–H groups in total. The highest BCUT2D eigenvalue weighted by Crippen LogP contribution is 2.19. The summed E-state index contributed by atoms with van der Waals surface area (Å²) < 4.78 is 7.24. The quantitative estimate of drug-likeness (QED) is 0.751. The van der Waals surface area contributed by atoms with Crippen molar-refractivity contribution in [1.82, 2.24) is 0 Å². The maximum absolute atomic E-state index is 6.09. The number of halogens is 1. The van der Waals surface area contributed by atoms with Gasteiger partial charge in [-0.25, -0.2) is 0 Å². The van der Waals surface area contributed by atoms with Crippen molar-refractivity contribution in [2.24, 2.45) is 0 Å². The van der Waals surface area contributed by atoms with Crippen molar-refractivity contribution in [3.8, 4) is 0 Å². The molecular weight excluding hydrogens is 268 g/mol. The van der Waals surface area contributed by atoms with Gasteiger partial charge in [-0.2, -0.15) is 0 Å².